The molecule has 0 saturated heterocycles. The molecule has 1 aromatic rings. The molecule has 2 atom stereocenters. The molecule has 1 fully saturated rings. The van der Waals surface area contributed by atoms with Gasteiger partial charge in [0.15, 0.2) is 0 Å². The molecule has 0 aromatic carbocycles. The average molecular weight is 267 g/mol. The van der Waals surface area contributed by atoms with Crippen molar-refractivity contribution < 1.29 is 4.79 Å². The normalized spacial score (nSPS) is 23.7. The minimum Gasteiger partial charge on any atom is -0.378 e. The van der Waals surface area contributed by atoms with Crippen LogP contribution in [0, 0.1) is 12.8 Å². The van der Waals surface area contributed by atoms with Crippen LogP contribution in [0.15, 0.2) is 0 Å². The van der Waals surface area contributed by atoms with Crippen LogP contribution >= 0.6 is 11.5 Å². The molecular weight excluding hydrogens is 246 g/mol. The van der Waals surface area contributed by atoms with E-state index in [0.29, 0.717) is 11.6 Å². The Balaban J connectivity index is 2.05. The van der Waals surface area contributed by atoms with Crippen molar-refractivity contribution in [3.63, 3.8) is 0 Å². The summed E-state index contributed by atoms with van der Waals surface area (Å²) in [5, 5.41) is 7.05. The summed E-state index contributed by atoms with van der Waals surface area (Å²) in [6, 6.07) is 0.324. The van der Waals surface area contributed by atoms with E-state index in [9.17, 15) is 4.79 Å². The summed E-state index contributed by atoms with van der Waals surface area (Å²) in [5.74, 6) is 0.735. The van der Waals surface area contributed by atoms with Crippen LogP contribution < -0.4 is 10.6 Å². The monoisotopic (exact) mass is 267 g/mol. The summed E-state index contributed by atoms with van der Waals surface area (Å²) in [4.78, 5) is 12.3. The lowest BCUT2D eigenvalue weighted by molar-refractivity contribution is 0.0922. The molecule has 1 aliphatic carbocycles. The van der Waals surface area contributed by atoms with Gasteiger partial charge in [0.1, 0.15) is 5.00 Å². The van der Waals surface area contributed by atoms with Gasteiger partial charge in [-0.15, -0.1) is 0 Å². The van der Waals surface area contributed by atoms with Gasteiger partial charge in [-0.1, -0.05) is 19.8 Å². The Hall–Kier alpha value is -1.10. The van der Waals surface area contributed by atoms with Gasteiger partial charge >= 0.3 is 0 Å². The zero-order valence-corrected chi connectivity index (χ0v) is 12.1. The molecule has 2 rings (SSSR count). The molecule has 2 N–H and O–H groups in total. The molecule has 0 radical (unpaired) electrons. The summed E-state index contributed by atoms with van der Waals surface area (Å²) in [5.41, 5.74) is 1.52. The maximum Gasteiger partial charge on any atom is 0.256 e. The van der Waals surface area contributed by atoms with E-state index >= 15 is 0 Å². The summed E-state index contributed by atoms with van der Waals surface area (Å²) < 4.78 is 4.23. The van der Waals surface area contributed by atoms with Crippen molar-refractivity contribution in [2.24, 2.45) is 5.92 Å². The summed E-state index contributed by atoms with van der Waals surface area (Å²) in [7, 11) is 1.83. The van der Waals surface area contributed by atoms with Gasteiger partial charge in [0, 0.05) is 13.1 Å². The predicted octanol–water partition coefficient (Wildman–Crippen LogP) is 2.80. The molecule has 0 bridgehead atoms. The van der Waals surface area contributed by atoms with E-state index < -0.39 is 0 Å². The molecule has 0 aliphatic heterocycles. The number of aromatic nitrogens is 1. The Morgan fingerprint density at radius 3 is 2.89 bits per heavy atom. The van der Waals surface area contributed by atoms with Crippen molar-refractivity contribution in [1.82, 2.24) is 9.69 Å². The first-order valence-corrected chi connectivity index (χ1v) is 7.34. The van der Waals surface area contributed by atoms with Crippen molar-refractivity contribution in [3.8, 4) is 0 Å². The van der Waals surface area contributed by atoms with E-state index in [2.05, 4.69) is 21.9 Å². The summed E-state index contributed by atoms with van der Waals surface area (Å²) >= 11 is 1.35. The number of carbonyl (C=O) groups excluding carboxylic acids is 1. The molecular formula is C13H21N3OS. The van der Waals surface area contributed by atoms with Crippen molar-refractivity contribution in [2.45, 2.75) is 45.6 Å². The van der Waals surface area contributed by atoms with Crippen LogP contribution in [-0.2, 0) is 0 Å². The van der Waals surface area contributed by atoms with E-state index in [0.717, 1.165) is 29.5 Å². The number of nitrogens with zero attached hydrogens (tertiary/aromatic N) is 1. The Morgan fingerprint density at radius 2 is 2.22 bits per heavy atom. The van der Waals surface area contributed by atoms with Crippen LogP contribution in [-0.4, -0.2) is 23.4 Å². The minimum absolute atomic E-state index is 0.0182. The predicted molar refractivity (Wildman–Crippen MR) is 75.3 cm³/mol. The van der Waals surface area contributed by atoms with Gasteiger partial charge in [-0.2, -0.15) is 4.37 Å². The van der Waals surface area contributed by atoms with Crippen molar-refractivity contribution in [2.75, 3.05) is 12.4 Å². The third-order valence-electron chi connectivity index (χ3n) is 3.59. The fraction of sp³-hybridized carbons (Fsp3) is 0.692. The summed E-state index contributed by atoms with van der Waals surface area (Å²) in [6.45, 7) is 4.14. The quantitative estimate of drug-likeness (QED) is 0.885. The number of amides is 1. The maximum absolute atomic E-state index is 12.3. The molecule has 1 heterocycles. The lowest BCUT2D eigenvalue weighted by Crippen LogP contribution is -2.38. The smallest absolute Gasteiger partial charge is 0.256 e. The zero-order valence-electron chi connectivity index (χ0n) is 11.2. The highest BCUT2D eigenvalue weighted by Gasteiger charge is 2.24. The van der Waals surface area contributed by atoms with Crippen LogP contribution in [0.1, 0.15) is 48.7 Å². The number of carbonyl (C=O) groups is 1. The third kappa shape index (κ3) is 2.83. The van der Waals surface area contributed by atoms with Gasteiger partial charge in [0.25, 0.3) is 5.91 Å². The fourth-order valence-electron chi connectivity index (χ4n) is 2.63. The Morgan fingerprint density at radius 1 is 1.44 bits per heavy atom. The first-order valence-electron chi connectivity index (χ1n) is 6.56. The Kier molecular flexibility index (Phi) is 4.22. The highest BCUT2D eigenvalue weighted by Crippen LogP contribution is 2.26. The largest absolute Gasteiger partial charge is 0.378 e. The first kappa shape index (κ1) is 13.3. The van der Waals surface area contributed by atoms with E-state index in [1.807, 2.05) is 14.0 Å². The van der Waals surface area contributed by atoms with Gasteiger partial charge in [-0.25, -0.2) is 0 Å². The molecule has 5 heteroatoms. The first-order chi connectivity index (χ1) is 8.61. The van der Waals surface area contributed by atoms with Gasteiger partial charge in [-0.3, -0.25) is 4.79 Å². The van der Waals surface area contributed by atoms with Crippen LogP contribution in [0.25, 0.3) is 0 Å². The second-order valence-corrected chi connectivity index (χ2v) is 5.94. The van der Waals surface area contributed by atoms with Crippen molar-refractivity contribution >= 4 is 22.4 Å². The van der Waals surface area contributed by atoms with Crippen LogP contribution in [0.3, 0.4) is 0 Å². The van der Waals surface area contributed by atoms with Crippen molar-refractivity contribution in [1.29, 1.82) is 0 Å². The van der Waals surface area contributed by atoms with Crippen LogP contribution in [0.5, 0.6) is 0 Å². The number of anilines is 1. The van der Waals surface area contributed by atoms with Crippen LogP contribution in [0.2, 0.25) is 0 Å². The minimum atomic E-state index is 0.0182. The highest BCUT2D eigenvalue weighted by molar-refractivity contribution is 7.10. The fourth-order valence-corrected chi connectivity index (χ4v) is 3.37. The third-order valence-corrected chi connectivity index (χ3v) is 4.54. The molecule has 1 aromatic heterocycles. The second kappa shape index (κ2) is 5.69. The standard InChI is InChI=1S/C13H21N3OS/c1-8-5-4-6-10(7-8)15-12(17)11-9(2)16-18-13(11)14-3/h8,10,14H,4-7H2,1-3H3,(H,15,17)/t8-,10+/m1/s1. The lowest BCUT2D eigenvalue weighted by atomic mass is 9.87. The lowest BCUT2D eigenvalue weighted by Gasteiger charge is -2.27. The van der Waals surface area contributed by atoms with E-state index in [-0.39, 0.29) is 5.91 Å². The zero-order chi connectivity index (χ0) is 13.1. The Bertz CT molecular complexity index is 430. The number of aryl methyl sites for hydroxylation is 1. The highest BCUT2D eigenvalue weighted by atomic mass is 32.1. The average Bonchev–Trinajstić information content (AvgIpc) is 2.70. The maximum atomic E-state index is 12.3. The van der Waals surface area contributed by atoms with E-state index in [4.69, 9.17) is 0 Å². The number of rotatable bonds is 3. The number of nitrogens with one attached hydrogen (secondary N) is 2. The Labute approximate surface area is 112 Å². The van der Waals surface area contributed by atoms with Crippen molar-refractivity contribution in [3.05, 3.63) is 11.3 Å². The SMILES string of the molecule is CNc1snc(C)c1C(=O)N[C@H]1CCC[C@@H](C)C1. The van der Waals surface area contributed by atoms with Gasteiger partial charge in [-0.05, 0) is 37.2 Å². The van der Waals surface area contributed by atoms with Crippen LogP contribution in [0.4, 0.5) is 5.00 Å². The van der Waals surface area contributed by atoms with E-state index in [1.165, 1.54) is 24.4 Å². The number of hydrogen-bond donors (Lipinski definition) is 2. The van der Waals surface area contributed by atoms with Gasteiger partial charge in [0.05, 0.1) is 11.3 Å². The number of hydrogen-bond acceptors (Lipinski definition) is 4. The van der Waals surface area contributed by atoms with Gasteiger partial charge in [0.2, 0.25) is 0 Å². The molecule has 4 nitrogen and oxygen atoms in total. The molecule has 100 valence electrons. The molecule has 1 aliphatic rings. The second-order valence-electron chi connectivity index (χ2n) is 5.16. The van der Waals surface area contributed by atoms with Gasteiger partial charge < -0.3 is 10.6 Å². The molecule has 1 amide bonds. The molecule has 18 heavy (non-hydrogen) atoms. The molecule has 0 unspecified atom stereocenters. The molecule has 1 saturated carbocycles. The van der Waals surface area contributed by atoms with E-state index in [1.54, 1.807) is 0 Å². The topological polar surface area (TPSA) is 54.0 Å². The molecule has 0 spiro atoms. The summed E-state index contributed by atoms with van der Waals surface area (Å²) in [6.07, 6.45) is 4.69.